The average Bonchev–Trinajstić information content (AvgIpc) is 2.61. The normalized spacial score (nSPS) is 11.7. The number of benzene rings is 2. The topological polar surface area (TPSA) is 58.4 Å². The molecule has 5 heteroatoms. The molecule has 0 radical (unpaired) electrons. The van der Waals surface area contributed by atoms with E-state index in [-0.39, 0.29) is 6.03 Å². The Labute approximate surface area is 140 Å². The van der Waals surface area contributed by atoms with E-state index < -0.39 is 8.96 Å². The smallest absolute Gasteiger partial charge is 0.313 e. The van der Waals surface area contributed by atoms with Gasteiger partial charge in [-0.1, -0.05) is 61.9 Å². The van der Waals surface area contributed by atoms with Gasteiger partial charge in [-0.3, -0.25) is 0 Å². The van der Waals surface area contributed by atoms with Crippen molar-refractivity contribution in [2.45, 2.75) is 19.8 Å². The second kappa shape index (κ2) is 9.12. The molecule has 0 saturated heterocycles. The van der Waals surface area contributed by atoms with Crippen molar-refractivity contribution in [3.63, 3.8) is 0 Å². The molecule has 122 valence electrons. The third kappa shape index (κ3) is 4.68. The van der Waals surface area contributed by atoms with Crippen molar-refractivity contribution in [3.8, 4) is 0 Å². The monoisotopic (exact) mass is 327 g/mol. The maximum Gasteiger partial charge on any atom is 0.313 e. The molecule has 0 aliphatic heterocycles. The summed E-state index contributed by atoms with van der Waals surface area (Å²) in [6.45, 7) is 2.81. The highest BCUT2D eigenvalue weighted by molar-refractivity contribution is 6.80. The van der Waals surface area contributed by atoms with Crippen LogP contribution in [0.25, 0.3) is 0 Å². The molecule has 4 nitrogen and oxygen atoms in total. The molecular weight excluding hydrogens is 302 g/mol. The zero-order valence-electron chi connectivity index (χ0n) is 13.6. The standard InChI is InChI=1S/C18H25N3OSi/c1-2-3-14-20-18(22)21(16-10-6-4-7-11-16)23(15-19)17-12-8-5-9-13-17/h4-13,23H,2-3,14-15,19H2,1H3,(H,20,22). The fourth-order valence-electron chi connectivity index (χ4n) is 2.55. The molecule has 0 saturated carbocycles. The molecule has 2 rings (SSSR count). The van der Waals surface area contributed by atoms with Gasteiger partial charge in [0.15, 0.2) is 8.96 Å². The second-order valence-corrected chi connectivity index (χ2v) is 8.14. The molecule has 23 heavy (non-hydrogen) atoms. The number of carbonyl (C=O) groups excluding carboxylic acids is 1. The van der Waals surface area contributed by atoms with Crippen molar-refractivity contribution in [1.29, 1.82) is 0 Å². The Hall–Kier alpha value is -2.11. The number of nitrogens with two attached hydrogens (primary N) is 1. The highest BCUT2D eigenvalue weighted by atomic mass is 28.3. The number of anilines is 1. The zero-order chi connectivity index (χ0) is 16.5. The predicted molar refractivity (Wildman–Crippen MR) is 99.5 cm³/mol. The van der Waals surface area contributed by atoms with Crippen LogP contribution in [0.2, 0.25) is 0 Å². The Bertz CT molecular complexity index is 592. The number of hydrogen-bond acceptors (Lipinski definition) is 2. The predicted octanol–water partition coefficient (Wildman–Crippen LogP) is 2.13. The Balaban J connectivity index is 2.30. The number of rotatable bonds is 7. The maximum atomic E-state index is 12.8. The molecular formula is C18H25N3OSi. The molecule has 0 aliphatic carbocycles. The molecule has 0 bridgehead atoms. The Morgan fingerprint density at radius 1 is 1.09 bits per heavy atom. The van der Waals surface area contributed by atoms with Crippen molar-refractivity contribution < 1.29 is 4.79 Å². The van der Waals surface area contributed by atoms with E-state index in [4.69, 9.17) is 5.73 Å². The van der Waals surface area contributed by atoms with Crippen LogP contribution >= 0.6 is 0 Å². The van der Waals surface area contributed by atoms with E-state index in [2.05, 4.69) is 24.4 Å². The van der Waals surface area contributed by atoms with Crippen molar-refractivity contribution in [1.82, 2.24) is 5.32 Å². The van der Waals surface area contributed by atoms with E-state index >= 15 is 0 Å². The first-order valence-corrected chi connectivity index (χ1v) is 10.1. The first-order valence-electron chi connectivity index (χ1n) is 8.15. The molecule has 0 aromatic heterocycles. The lowest BCUT2D eigenvalue weighted by molar-refractivity contribution is 0.249. The van der Waals surface area contributed by atoms with Crippen LogP contribution in [0.4, 0.5) is 10.5 Å². The van der Waals surface area contributed by atoms with E-state index in [9.17, 15) is 4.79 Å². The van der Waals surface area contributed by atoms with Gasteiger partial charge in [-0.25, -0.2) is 4.79 Å². The average molecular weight is 328 g/mol. The fourth-order valence-corrected chi connectivity index (χ4v) is 4.90. The number of unbranched alkanes of at least 4 members (excludes halogenated alkanes) is 1. The summed E-state index contributed by atoms with van der Waals surface area (Å²) in [4.78, 5) is 12.8. The second-order valence-electron chi connectivity index (χ2n) is 5.45. The maximum absolute atomic E-state index is 12.8. The summed E-state index contributed by atoms with van der Waals surface area (Å²) in [5, 5.41) is 4.20. The molecule has 3 N–H and O–H groups in total. The molecule has 0 fully saturated rings. The molecule has 0 heterocycles. The van der Waals surface area contributed by atoms with Crippen LogP contribution in [0, 0.1) is 0 Å². The lowest BCUT2D eigenvalue weighted by Crippen LogP contribution is -2.59. The number of hydrogen-bond donors (Lipinski definition) is 2. The molecule has 2 aromatic rings. The number of para-hydroxylation sites is 1. The largest absolute Gasteiger partial charge is 0.338 e. The first-order chi connectivity index (χ1) is 11.3. The van der Waals surface area contributed by atoms with E-state index in [1.54, 1.807) is 0 Å². The minimum Gasteiger partial charge on any atom is -0.338 e. The van der Waals surface area contributed by atoms with Gasteiger partial charge in [-0.15, -0.1) is 0 Å². The van der Waals surface area contributed by atoms with Crippen LogP contribution in [-0.2, 0) is 0 Å². The summed E-state index contributed by atoms with van der Waals surface area (Å²) < 4.78 is 1.89. The number of urea groups is 1. The SMILES string of the molecule is CCCCNC(=O)N(c1ccccc1)[SiH](CN)c1ccccc1. The van der Waals surface area contributed by atoms with E-state index in [0.29, 0.717) is 12.7 Å². The lowest BCUT2D eigenvalue weighted by Gasteiger charge is -2.30. The van der Waals surface area contributed by atoms with Crippen LogP contribution in [0.1, 0.15) is 19.8 Å². The minimum atomic E-state index is -1.82. The quantitative estimate of drug-likeness (QED) is 0.604. The third-order valence-corrected chi connectivity index (χ3v) is 6.54. The Morgan fingerprint density at radius 3 is 2.26 bits per heavy atom. The van der Waals surface area contributed by atoms with Gasteiger partial charge in [0, 0.05) is 18.4 Å². The Morgan fingerprint density at radius 2 is 1.70 bits per heavy atom. The van der Waals surface area contributed by atoms with Gasteiger partial charge in [0.1, 0.15) is 0 Å². The summed E-state index contributed by atoms with van der Waals surface area (Å²) in [6.07, 6.45) is 2.54. The van der Waals surface area contributed by atoms with Gasteiger partial charge in [-0.05, 0) is 23.7 Å². The van der Waals surface area contributed by atoms with Crippen LogP contribution in [0.5, 0.6) is 0 Å². The zero-order valence-corrected chi connectivity index (χ0v) is 14.8. The van der Waals surface area contributed by atoms with E-state index in [1.165, 1.54) is 5.19 Å². The van der Waals surface area contributed by atoms with Crippen LogP contribution < -0.4 is 20.8 Å². The minimum absolute atomic E-state index is 0.0457. The summed E-state index contributed by atoms with van der Waals surface area (Å²) in [7, 11) is -1.82. The Kier molecular flexibility index (Phi) is 6.84. The molecule has 0 aliphatic rings. The van der Waals surface area contributed by atoms with Crippen molar-refractivity contribution >= 4 is 25.9 Å². The van der Waals surface area contributed by atoms with E-state index in [1.807, 2.05) is 53.1 Å². The molecule has 1 atom stereocenters. The summed E-state index contributed by atoms with van der Waals surface area (Å²) >= 11 is 0. The number of carbonyl (C=O) groups is 1. The molecule has 2 amide bonds. The molecule has 2 aromatic carbocycles. The molecule has 0 spiro atoms. The van der Waals surface area contributed by atoms with Gasteiger partial charge >= 0.3 is 6.03 Å². The van der Waals surface area contributed by atoms with Gasteiger partial charge in [-0.2, -0.15) is 0 Å². The first kappa shape index (κ1) is 17.2. The number of nitrogens with zero attached hydrogens (tertiary/aromatic N) is 1. The van der Waals surface area contributed by atoms with Crippen LogP contribution in [-0.4, -0.2) is 27.7 Å². The van der Waals surface area contributed by atoms with Crippen molar-refractivity contribution in [3.05, 3.63) is 60.7 Å². The van der Waals surface area contributed by atoms with Crippen LogP contribution in [0.3, 0.4) is 0 Å². The van der Waals surface area contributed by atoms with E-state index in [0.717, 1.165) is 18.5 Å². The third-order valence-electron chi connectivity index (χ3n) is 3.78. The van der Waals surface area contributed by atoms with Crippen molar-refractivity contribution in [2.75, 3.05) is 17.3 Å². The number of amides is 2. The lowest BCUT2D eigenvalue weighted by atomic mass is 10.3. The fraction of sp³-hybridized carbons (Fsp3) is 0.278. The van der Waals surface area contributed by atoms with Gasteiger partial charge in [0.05, 0.1) is 0 Å². The van der Waals surface area contributed by atoms with Gasteiger partial charge in [0.2, 0.25) is 0 Å². The summed E-state index contributed by atoms with van der Waals surface area (Å²) in [5.41, 5.74) is 6.99. The van der Waals surface area contributed by atoms with Gasteiger partial charge < -0.3 is 15.6 Å². The van der Waals surface area contributed by atoms with Crippen LogP contribution in [0.15, 0.2) is 60.7 Å². The highest BCUT2D eigenvalue weighted by Gasteiger charge is 2.27. The van der Waals surface area contributed by atoms with Crippen molar-refractivity contribution in [2.24, 2.45) is 5.73 Å². The number of nitrogens with one attached hydrogen (secondary N) is 1. The van der Waals surface area contributed by atoms with Gasteiger partial charge in [0.25, 0.3) is 0 Å². The molecule has 1 unspecified atom stereocenters. The highest BCUT2D eigenvalue weighted by Crippen LogP contribution is 2.15. The summed E-state index contributed by atoms with van der Waals surface area (Å²) in [6, 6.07) is 19.9. The summed E-state index contributed by atoms with van der Waals surface area (Å²) in [5.74, 6) is 0.